The van der Waals surface area contributed by atoms with Crippen LogP contribution in [0.15, 0.2) is 24.3 Å². The molecule has 0 amide bonds. The maximum absolute atomic E-state index is 5.87. The van der Waals surface area contributed by atoms with E-state index in [9.17, 15) is 0 Å². The number of nitrogens with two attached hydrogens (primary N) is 1. The van der Waals surface area contributed by atoms with Gasteiger partial charge in [0.15, 0.2) is 5.82 Å². The summed E-state index contributed by atoms with van der Waals surface area (Å²) in [6.07, 6.45) is 0. The number of rotatable bonds is 3. The van der Waals surface area contributed by atoms with E-state index in [2.05, 4.69) is 15.5 Å². The van der Waals surface area contributed by atoms with E-state index in [1.54, 1.807) is 4.68 Å². The zero-order valence-corrected chi connectivity index (χ0v) is 8.72. The van der Waals surface area contributed by atoms with Gasteiger partial charge in [0.25, 0.3) is 0 Å². The Morgan fingerprint density at radius 2 is 2.27 bits per heavy atom. The van der Waals surface area contributed by atoms with Crippen LogP contribution in [0.2, 0.25) is 5.02 Å². The fraction of sp³-hybridized carbons (Fsp3) is 0.222. The molecule has 0 radical (unpaired) electrons. The summed E-state index contributed by atoms with van der Waals surface area (Å²) in [5.41, 5.74) is 6.54. The minimum Gasteiger partial charge on any atom is -0.324 e. The SMILES string of the molecule is NCc1nnnn1Cc1cccc(Cl)c1. The molecule has 0 bridgehead atoms. The summed E-state index contributed by atoms with van der Waals surface area (Å²) in [7, 11) is 0. The van der Waals surface area contributed by atoms with Gasteiger partial charge in [0.2, 0.25) is 0 Å². The van der Waals surface area contributed by atoms with E-state index in [-0.39, 0.29) is 0 Å². The minimum atomic E-state index is 0.327. The molecule has 1 aromatic carbocycles. The standard InChI is InChI=1S/C9H10ClN5/c10-8-3-1-2-7(4-8)6-15-9(5-11)12-13-14-15/h1-4H,5-6,11H2. The van der Waals surface area contributed by atoms with E-state index in [0.717, 1.165) is 5.56 Å². The van der Waals surface area contributed by atoms with E-state index in [1.165, 1.54) is 0 Å². The van der Waals surface area contributed by atoms with Crippen molar-refractivity contribution in [3.05, 3.63) is 40.7 Å². The van der Waals surface area contributed by atoms with E-state index in [4.69, 9.17) is 17.3 Å². The second-order valence-corrected chi connectivity index (χ2v) is 3.52. The quantitative estimate of drug-likeness (QED) is 0.837. The number of hydrogen-bond acceptors (Lipinski definition) is 4. The van der Waals surface area contributed by atoms with Crippen molar-refractivity contribution in [2.24, 2.45) is 5.73 Å². The van der Waals surface area contributed by atoms with Gasteiger partial charge in [0, 0.05) is 5.02 Å². The lowest BCUT2D eigenvalue weighted by atomic mass is 10.2. The Hall–Kier alpha value is -1.46. The van der Waals surface area contributed by atoms with Gasteiger partial charge in [-0.05, 0) is 28.1 Å². The van der Waals surface area contributed by atoms with E-state index < -0.39 is 0 Å². The van der Waals surface area contributed by atoms with Gasteiger partial charge < -0.3 is 5.73 Å². The smallest absolute Gasteiger partial charge is 0.165 e. The highest BCUT2D eigenvalue weighted by Crippen LogP contribution is 2.11. The van der Waals surface area contributed by atoms with E-state index in [1.807, 2.05) is 24.3 Å². The van der Waals surface area contributed by atoms with Crippen LogP contribution < -0.4 is 5.73 Å². The molecule has 2 rings (SSSR count). The molecule has 0 atom stereocenters. The molecule has 0 fully saturated rings. The zero-order chi connectivity index (χ0) is 10.7. The summed E-state index contributed by atoms with van der Waals surface area (Å²) in [5, 5.41) is 11.9. The highest BCUT2D eigenvalue weighted by molar-refractivity contribution is 6.30. The molecule has 2 N–H and O–H groups in total. The number of hydrogen-bond donors (Lipinski definition) is 1. The maximum atomic E-state index is 5.87. The van der Waals surface area contributed by atoms with Crippen molar-refractivity contribution >= 4 is 11.6 Å². The topological polar surface area (TPSA) is 69.6 Å². The number of halogens is 1. The van der Waals surface area contributed by atoms with Gasteiger partial charge in [0.1, 0.15) is 0 Å². The highest BCUT2D eigenvalue weighted by Gasteiger charge is 2.04. The first kappa shape index (κ1) is 10.1. The fourth-order valence-electron chi connectivity index (χ4n) is 1.30. The molecular formula is C9H10ClN5. The van der Waals surface area contributed by atoms with Crippen molar-refractivity contribution in [3.63, 3.8) is 0 Å². The maximum Gasteiger partial charge on any atom is 0.165 e. The summed E-state index contributed by atoms with van der Waals surface area (Å²) in [6.45, 7) is 0.910. The Labute approximate surface area is 91.8 Å². The van der Waals surface area contributed by atoms with E-state index in [0.29, 0.717) is 23.9 Å². The van der Waals surface area contributed by atoms with Crippen molar-refractivity contribution in [1.29, 1.82) is 0 Å². The third kappa shape index (κ3) is 2.31. The predicted molar refractivity (Wildman–Crippen MR) is 56.3 cm³/mol. The van der Waals surface area contributed by atoms with Gasteiger partial charge in [-0.2, -0.15) is 0 Å². The fourth-order valence-corrected chi connectivity index (χ4v) is 1.51. The summed E-state index contributed by atoms with van der Waals surface area (Å²) in [5.74, 6) is 0.662. The predicted octanol–water partition coefficient (Wildman–Crippen LogP) is 0.833. The summed E-state index contributed by atoms with van der Waals surface area (Å²) in [4.78, 5) is 0. The first-order valence-corrected chi connectivity index (χ1v) is 4.87. The average molecular weight is 224 g/mol. The number of aromatic nitrogens is 4. The normalized spacial score (nSPS) is 10.5. The molecule has 0 aliphatic heterocycles. The van der Waals surface area contributed by atoms with Gasteiger partial charge in [-0.25, -0.2) is 4.68 Å². The molecule has 78 valence electrons. The van der Waals surface area contributed by atoms with Gasteiger partial charge in [0.05, 0.1) is 13.1 Å². The zero-order valence-electron chi connectivity index (χ0n) is 7.97. The van der Waals surface area contributed by atoms with Gasteiger partial charge in [-0.3, -0.25) is 0 Å². The number of nitrogens with zero attached hydrogens (tertiary/aromatic N) is 4. The average Bonchev–Trinajstić information content (AvgIpc) is 2.65. The molecule has 1 heterocycles. The summed E-state index contributed by atoms with van der Waals surface area (Å²) >= 11 is 5.87. The van der Waals surface area contributed by atoms with Gasteiger partial charge in [-0.1, -0.05) is 23.7 Å². The largest absolute Gasteiger partial charge is 0.324 e. The van der Waals surface area contributed by atoms with Gasteiger partial charge in [-0.15, -0.1) is 5.10 Å². The van der Waals surface area contributed by atoms with Crippen LogP contribution in [0.4, 0.5) is 0 Å². The van der Waals surface area contributed by atoms with Crippen molar-refractivity contribution in [2.75, 3.05) is 0 Å². The van der Waals surface area contributed by atoms with Crippen LogP contribution in [0, 0.1) is 0 Å². The molecule has 0 spiro atoms. The van der Waals surface area contributed by atoms with Crippen LogP contribution >= 0.6 is 11.6 Å². The third-order valence-electron chi connectivity index (χ3n) is 2.01. The van der Waals surface area contributed by atoms with Crippen molar-refractivity contribution < 1.29 is 0 Å². The lowest BCUT2D eigenvalue weighted by molar-refractivity contribution is 0.619. The first-order chi connectivity index (χ1) is 7.29. The molecule has 15 heavy (non-hydrogen) atoms. The first-order valence-electron chi connectivity index (χ1n) is 4.49. The van der Waals surface area contributed by atoms with Crippen LogP contribution in [-0.4, -0.2) is 20.2 Å². The Morgan fingerprint density at radius 3 is 3.00 bits per heavy atom. The van der Waals surface area contributed by atoms with Crippen molar-refractivity contribution in [3.8, 4) is 0 Å². The Balaban J connectivity index is 2.22. The Morgan fingerprint density at radius 1 is 1.40 bits per heavy atom. The molecule has 5 nitrogen and oxygen atoms in total. The monoisotopic (exact) mass is 223 g/mol. The highest BCUT2D eigenvalue weighted by atomic mass is 35.5. The molecule has 0 unspecified atom stereocenters. The molecular weight excluding hydrogens is 214 g/mol. The lowest BCUT2D eigenvalue weighted by Crippen LogP contribution is -2.10. The third-order valence-corrected chi connectivity index (χ3v) is 2.25. The van der Waals surface area contributed by atoms with Crippen molar-refractivity contribution in [2.45, 2.75) is 13.1 Å². The molecule has 0 saturated carbocycles. The Kier molecular flexibility index (Phi) is 2.94. The lowest BCUT2D eigenvalue weighted by Gasteiger charge is -2.03. The summed E-state index contributed by atoms with van der Waals surface area (Å²) in [6, 6.07) is 7.57. The van der Waals surface area contributed by atoms with Crippen LogP contribution in [0.5, 0.6) is 0 Å². The second-order valence-electron chi connectivity index (χ2n) is 3.09. The number of tetrazole rings is 1. The van der Waals surface area contributed by atoms with Crippen LogP contribution in [0.25, 0.3) is 0 Å². The van der Waals surface area contributed by atoms with E-state index >= 15 is 0 Å². The molecule has 6 heteroatoms. The van der Waals surface area contributed by atoms with Crippen LogP contribution in [-0.2, 0) is 13.1 Å². The van der Waals surface area contributed by atoms with Crippen LogP contribution in [0.3, 0.4) is 0 Å². The minimum absolute atomic E-state index is 0.327. The number of benzene rings is 1. The molecule has 0 aliphatic carbocycles. The second kappa shape index (κ2) is 4.37. The molecule has 0 aliphatic rings. The summed E-state index contributed by atoms with van der Waals surface area (Å²) < 4.78 is 1.66. The van der Waals surface area contributed by atoms with Crippen molar-refractivity contribution in [1.82, 2.24) is 20.2 Å². The molecule has 1 aromatic heterocycles. The van der Waals surface area contributed by atoms with Gasteiger partial charge >= 0.3 is 0 Å². The Bertz CT molecular complexity index is 453. The molecule has 2 aromatic rings. The van der Waals surface area contributed by atoms with Crippen LogP contribution in [0.1, 0.15) is 11.4 Å². The molecule has 0 saturated heterocycles.